The maximum absolute atomic E-state index is 10.1. The van der Waals surface area contributed by atoms with Gasteiger partial charge in [-0.15, -0.1) is 0 Å². The summed E-state index contributed by atoms with van der Waals surface area (Å²) in [5, 5.41) is 13.4. The fraction of sp³-hybridized carbons (Fsp3) is 0.500. The molecular weight excluding hydrogens is 174 g/mol. The van der Waals surface area contributed by atoms with Crippen molar-refractivity contribution in [2.75, 3.05) is 6.54 Å². The second kappa shape index (κ2) is 4.11. The fourth-order valence-electron chi connectivity index (χ4n) is 2.08. The quantitative estimate of drug-likeness (QED) is 0.746. The molecule has 1 saturated heterocycles. The van der Waals surface area contributed by atoms with Gasteiger partial charge in [-0.3, -0.25) is 0 Å². The maximum atomic E-state index is 10.1. The van der Waals surface area contributed by atoms with Gasteiger partial charge in [0.1, 0.15) is 0 Å². The standard InChI is InChI=1S/C12H17NO/c1-9-7-11(13-8-9)12(14)10-5-3-2-4-6-10/h2-6,9,11-14H,7-8H2,1H3/t9?,11-,12?/m1/s1. The molecule has 0 bridgehead atoms. The molecule has 1 heterocycles. The molecule has 0 aliphatic carbocycles. The van der Waals surface area contributed by atoms with Crippen molar-refractivity contribution in [1.29, 1.82) is 0 Å². The fourth-order valence-corrected chi connectivity index (χ4v) is 2.08. The normalized spacial score (nSPS) is 29.0. The van der Waals surface area contributed by atoms with Gasteiger partial charge in [0.15, 0.2) is 0 Å². The molecular formula is C12H17NO. The Kier molecular flexibility index (Phi) is 2.85. The summed E-state index contributed by atoms with van der Waals surface area (Å²) in [6.45, 7) is 3.24. The molecule has 1 aliphatic heterocycles. The molecule has 1 aromatic carbocycles. The zero-order valence-corrected chi connectivity index (χ0v) is 8.48. The van der Waals surface area contributed by atoms with Gasteiger partial charge in [0, 0.05) is 6.04 Å². The van der Waals surface area contributed by atoms with E-state index in [1.807, 2.05) is 30.3 Å². The first-order chi connectivity index (χ1) is 6.77. The third-order valence-corrected chi connectivity index (χ3v) is 2.91. The molecule has 14 heavy (non-hydrogen) atoms. The van der Waals surface area contributed by atoms with E-state index < -0.39 is 0 Å². The first-order valence-corrected chi connectivity index (χ1v) is 5.24. The molecule has 3 atom stereocenters. The summed E-state index contributed by atoms with van der Waals surface area (Å²) < 4.78 is 0. The van der Waals surface area contributed by atoms with Gasteiger partial charge in [-0.2, -0.15) is 0 Å². The van der Waals surface area contributed by atoms with Gasteiger partial charge in [0.2, 0.25) is 0 Å². The van der Waals surface area contributed by atoms with Crippen molar-refractivity contribution >= 4 is 0 Å². The maximum Gasteiger partial charge on any atom is 0.0943 e. The highest BCUT2D eigenvalue weighted by Crippen LogP contribution is 2.25. The SMILES string of the molecule is CC1CN[C@@H](C(O)c2ccccc2)C1. The second-order valence-corrected chi connectivity index (χ2v) is 4.21. The van der Waals surface area contributed by atoms with E-state index in [0.29, 0.717) is 5.92 Å². The lowest BCUT2D eigenvalue weighted by Gasteiger charge is -2.18. The molecule has 2 unspecified atom stereocenters. The summed E-state index contributed by atoms with van der Waals surface area (Å²) in [7, 11) is 0. The van der Waals surface area contributed by atoms with Gasteiger partial charge in [-0.25, -0.2) is 0 Å². The molecule has 0 amide bonds. The van der Waals surface area contributed by atoms with Crippen molar-refractivity contribution in [1.82, 2.24) is 5.32 Å². The molecule has 0 spiro atoms. The third-order valence-electron chi connectivity index (χ3n) is 2.91. The minimum atomic E-state index is -0.360. The molecule has 0 saturated carbocycles. The number of benzene rings is 1. The van der Waals surface area contributed by atoms with Crippen molar-refractivity contribution in [3.05, 3.63) is 35.9 Å². The van der Waals surface area contributed by atoms with Crippen LogP contribution in [0.15, 0.2) is 30.3 Å². The van der Waals surface area contributed by atoms with Crippen LogP contribution < -0.4 is 5.32 Å². The summed E-state index contributed by atoms with van der Waals surface area (Å²) in [4.78, 5) is 0. The van der Waals surface area contributed by atoms with Crippen molar-refractivity contribution in [2.24, 2.45) is 5.92 Å². The van der Waals surface area contributed by atoms with Crippen LogP contribution in [0, 0.1) is 5.92 Å². The lowest BCUT2D eigenvalue weighted by Crippen LogP contribution is -2.28. The Morgan fingerprint density at radius 2 is 2.07 bits per heavy atom. The number of hydrogen-bond donors (Lipinski definition) is 2. The van der Waals surface area contributed by atoms with Crippen molar-refractivity contribution < 1.29 is 5.11 Å². The Bertz CT molecular complexity index is 286. The van der Waals surface area contributed by atoms with E-state index >= 15 is 0 Å². The summed E-state index contributed by atoms with van der Waals surface area (Å²) in [5.74, 6) is 0.679. The Morgan fingerprint density at radius 3 is 2.64 bits per heavy atom. The molecule has 0 aromatic heterocycles. The summed E-state index contributed by atoms with van der Waals surface area (Å²) in [6.07, 6.45) is 0.705. The zero-order chi connectivity index (χ0) is 9.97. The van der Waals surface area contributed by atoms with E-state index in [2.05, 4.69) is 12.2 Å². The van der Waals surface area contributed by atoms with Crippen LogP contribution in [0.3, 0.4) is 0 Å². The Morgan fingerprint density at radius 1 is 1.36 bits per heavy atom. The van der Waals surface area contributed by atoms with E-state index in [-0.39, 0.29) is 12.1 Å². The van der Waals surface area contributed by atoms with Crippen LogP contribution in [0.2, 0.25) is 0 Å². The van der Waals surface area contributed by atoms with Crippen LogP contribution in [0.1, 0.15) is 25.0 Å². The minimum Gasteiger partial charge on any atom is -0.387 e. The summed E-state index contributed by atoms with van der Waals surface area (Å²) in [6, 6.07) is 10.1. The van der Waals surface area contributed by atoms with E-state index in [4.69, 9.17) is 0 Å². The Hall–Kier alpha value is -0.860. The van der Waals surface area contributed by atoms with Gasteiger partial charge in [0.25, 0.3) is 0 Å². The highest BCUT2D eigenvalue weighted by atomic mass is 16.3. The number of hydrogen-bond acceptors (Lipinski definition) is 2. The van der Waals surface area contributed by atoms with Crippen molar-refractivity contribution in [3.63, 3.8) is 0 Å². The average molecular weight is 191 g/mol. The molecule has 2 rings (SSSR count). The van der Waals surface area contributed by atoms with Gasteiger partial charge in [-0.1, -0.05) is 37.3 Å². The van der Waals surface area contributed by atoms with Gasteiger partial charge < -0.3 is 10.4 Å². The highest BCUT2D eigenvalue weighted by molar-refractivity contribution is 5.19. The van der Waals surface area contributed by atoms with Gasteiger partial charge in [0.05, 0.1) is 6.10 Å². The smallest absolute Gasteiger partial charge is 0.0943 e. The lowest BCUT2D eigenvalue weighted by atomic mass is 9.98. The highest BCUT2D eigenvalue weighted by Gasteiger charge is 2.27. The first kappa shape index (κ1) is 9.69. The zero-order valence-electron chi connectivity index (χ0n) is 8.48. The van der Waals surface area contributed by atoms with E-state index in [0.717, 1.165) is 18.5 Å². The number of aliphatic hydroxyl groups excluding tert-OH is 1. The molecule has 76 valence electrons. The molecule has 1 aliphatic rings. The molecule has 2 N–H and O–H groups in total. The number of aliphatic hydroxyl groups is 1. The number of rotatable bonds is 2. The molecule has 0 radical (unpaired) electrons. The molecule has 1 fully saturated rings. The molecule has 2 nitrogen and oxygen atoms in total. The van der Waals surface area contributed by atoms with Crippen molar-refractivity contribution in [2.45, 2.75) is 25.5 Å². The van der Waals surface area contributed by atoms with Crippen LogP contribution in [0.25, 0.3) is 0 Å². The van der Waals surface area contributed by atoms with Crippen LogP contribution in [-0.2, 0) is 0 Å². The van der Waals surface area contributed by atoms with E-state index in [9.17, 15) is 5.11 Å². The molecule has 1 aromatic rings. The predicted octanol–water partition coefficient (Wildman–Crippen LogP) is 1.72. The largest absolute Gasteiger partial charge is 0.387 e. The number of nitrogens with one attached hydrogen (secondary N) is 1. The van der Waals surface area contributed by atoms with Crippen LogP contribution >= 0.6 is 0 Å². The van der Waals surface area contributed by atoms with E-state index in [1.54, 1.807) is 0 Å². The van der Waals surface area contributed by atoms with Gasteiger partial charge in [-0.05, 0) is 24.4 Å². The predicted molar refractivity (Wildman–Crippen MR) is 57.0 cm³/mol. The van der Waals surface area contributed by atoms with Crippen LogP contribution in [-0.4, -0.2) is 17.7 Å². The topological polar surface area (TPSA) is 32.3 Å². The third kappa shape index (κ3) is 1.97. The molecule has 2 heteroatoms. The second-order valence-electron chi connectivity index (χ2n) is 4.21. The monoisotopic (exact) mass is 191 g/mol. The first-order valence-electron chi connectivity index (χ1n) is 5.24. The average Bonchev–Trinajstić information content (AvgIpc) is 2.65. The Labute approximate surface area is 85.0 Å². The van der Waals surface area contributed by atoms with E-state index in [1.165, 1.54) is 0 Å². The van der Waals surface area contributed by atoms with Crippen LogP contribution in [0.5, 0.6) is 0 Å². The van der Waals surface area contributed by atoms with Crippen LogP contribution in [0.4, 0.5) is 0 Å². The summed E-state index contributed by atoms with van der Waals surface area (Å²) in [5.41, 5.74) is 1.01. The summed E-state index contributed by atoms with van der Waals surface area (Å²) >= 11 is 0. The van der Waals surface area contributed by atoms with Crippen molar-refractivity contribution in [3.8, 4) is 0 Å². The lowest BCUT2D eigenvalue weighted by molar-refractivity contribution is 0.136. The minimum absolute atomic E-state index is 0.229. The van der Waals surface area contributed by atoms with Gasteiger partial charge >= 0.3 is 0 Å². The Balaban J connectivity index is 2.05.